The van der Waals surface area contributed by atoms with Crippen LogP contribution >= 0.6 is 0 Å². The fraction of sp³-hybridized carbons (Fsp3) is 0.333. The van der Waals surface area contributed by atoms with Gasteiger partial charge in [-0.3, -0.25) is 9.59 Å². The lowest BCUT2D eigenvalue weighted by molar-refractivity contribution is -0.0186. The molecule has 1 aliphatic rings. The normalized spacial score (nSPS) is 18.9. The molecule has 2 heterocycles. The zero-order valence-corrected chi connectivity index (χ0v) is 11.4. The number of pyridine rings is 1. The second-order valence-corrected chi connectivity index (χ2v) is 5.01. The first-order valence-corrected chi connectivity index (χ1v) is 6.82. The smallest absolute Gasteiger partial charge is 0.270 e. The van der Waals surface area contributed by atoms with E-state index in [-0.39, 0.29) is 29.8 Å². The molecule has 6 heteroatoms. The number of nitrogens with zero attached hydrogens (tertiary/aromatic N) is 1. The minimum absolute atomic E-state index is 0.163. The highest BCUT2D eigenvalue weighted by Crippen LogP contribution is 2.14. The fourth-order valence-electron chi connectivity index (χ4n) is 2.55. The topological polar surface area (TPSA) is 82.6 Å². The van der Waals surface area contributed by atoms with E-state index in [1.165, 1.54) is 0 Å². The van der Waals surface area contributed by atoms with E-state index in [2.05, 4.69) is 4.98 Å². The molecule has 1 atom stereocenters. The highest BCUT2D eigenvalue weighted by atomic mass is 16.5. The van der Waals surface area contributed by atoms with E-state index in [0.717, 1.165) is 5.39 Å². The van der Waals surface area contributed by atoms with Crippen molar-refractivity contribution in [3.63, 3.8) is 0 Å². The number of benzene rings is 1. The summed E-state index contributed by atoms with van der Waals surface area (Å²) in [6.07, 6.45) is 0. The summed E-state index contributed by atoms with van der Waals surface area (Å²) in [4.78, 5) is 28.8. The quantitative estimate of drug-likeness (QED) is 0.836. The first-order chi connectivity index (χ1) is 10.2. The molecular formula is C15H16N2O4. The lowest BCUT2D eigenvalue weighted by atomic mass is 10.1. The van der Waals surface area contributed by atoms with E-state index in [1.807, 2.05) is 6.07 Å². The summed E-state index contributed by atoms with van der Waals surface area (Å²) in [6.45, 7) is 0.975. The predicted molar refractivity (Wildman–Crippen MR) is 77.3 cm³/mol. The molecule has 1 aliphatic heterocycles. The molecule has 1 amide bonds. The molecular weight excluding hydrogens is 272 g/mol. The van der Waals surface area contributed by atoms with Crippen LogP contribution in [0.5, 0.6) is 0 Å². The van der Waals surface area contributed by atoms with Crippen molar-refractivity contribution in [1.29, 1.82) is 0 Å². The van der Waals surface area contributed by atoms with Crippen LogP contribution in [0.4, 0.5) is 0 Å². The first-order valence-electron chi connectivity index (χ1n) is 6.82. The number of carbonyl (C=O) groups is 1. The number of amides is 1. The summed E-state index contributed by atoms with van der Waals surface area (Å²) >= 11 is 0. The molecule has 2 N–H and O–H groups in total. The van der Waals surface area contributed by atoms with Crippen molar-refractivity contribution in [1.82, 2.24) is 9.88 Å². The molecule has 3 rings (SSSR count). The second-order valence-electron chi connectivity index (χ2n) is 5.01. The Balaban J connectivity index is 1.99. The van der Waals surface area contributed by atoms with Crippen LogP contribution in [-0.2, 0) is 4.74 Å². The molecule has 21 heavy (non-hydrogen) atoms. The summed E-state index contributed by atoms with van der Waals surface area (Å²) in [5.41, 5.74) is -0.0516. The van der Waals surface area contributed by atoms with Gasteiger partial charge in [0.2, 0.25) is 0 Å². The Hall–Kier alpha value is -2.18. The molecule has 2 aromatic rings. The average molecular weight is 288 g/mol. The van der Waals surface area contributed by atoms with Crippen LogP contribution in [0, 0.1) is 0 Å². The summed E-state index contributed by atoms with van der Waals surface area (Å²) in [7, 11) is 0. The third kappa shape index (κ3) is 2.55. The van der Waals surface area contributed by atoms with Gasteiger partial charge in [0.15, 0.2) is 0 Å². The molecule has 1 aromatic heterocycles. The third-order valence-corrected chi connectivity index (χ3v) is 3.68. The van der Waals surface area contributed by atoms with Gasteiger partial charge in [-0.15, -0.1) is 0 Å². The standard InChI is InChI=1S/C15H16N2O4/c18-8-11-9-21-6-5-17(11)15(20)13-7-10-3-1-2-4-12(10)14(19)16-13/h1-4,7,11,18H,5-6,8-9H2,(H,16,19). The number of morpholine rings is 1. The third-order valence-electron chi connectivity index (χ3n) is 3.68. The molecule has 0 radical (unpaired) electrons. The zero-order valence-electron chi connectivity index (χ0n) is 11.4. The maximum absolute atomic E-state index is 12.6. The molecule has 0 bridgehead atoms. The molecule has 6 nitrogen and oxygen atoms in total. The number of aliphatic hydroxyl groups is 1. The van der Waals surface area contributed by atoms with Crippen molar-refractivity contribution in [2.45, 2.75) is 6.04 Å². The van der Waals surface area contributed by atoms with Gasteiger partial charge in [0.1, 0.15) is 5.69 Å². The number of aliphatic hydroxyl groups excluding tert-OH is 1. The number of nitrogens with one attached hydrogen (secondary N) is 1. The van der Waals surface area contributed by atoms with Crippen LogP contribution in [0.25, 0.3) is 10.8 Å². The van der Waals surface area contributed by atoms with Gasteiger partial charge in [0.05, 0.1) is 25.9 Å². The number of hydrogen-bond donors (Lipinski definition) is 2. The van der Waals surface area contributed by atoms with Gasteiger partial charge >= 0.3 is 0 Å². The monoisotopic (exact) mass is 288 g/mol. The Kier molecular flexibility index (Phi) is 3.72. The predicted octanol–water partition coefficient (Wildman–Crippen LogP) is 0.361. The Morgan fingerprint density at radius 1 is 1.43 bits per heavy atom. The summed E-state index contributed by atoms with van der Waals surface area (Å²) in [6, 6.07) is 8.41. The number of aromatic nitrogens is 1. The maximum Gasteiger partial charge on any atom is 0.270 e. The Bertz CT molecular complexity index is 725. The number of hydrogen-bond acceptors (Lipinski definition) is 4. The Labute approximate surface area is 121 Å². The number of carbonyl (C=O) groups excluding carboxylic acids is 1. The van der Waals surface area contributed by atoms with Crippen LogP contribution in [-0.4, -0.2) is 53.3 Å². The van der Waals surface area contributed by atoms with Crippen molar-refractivity contribution in [3.8, 4) is 0 Å². The van der Waals surface area contributed by atoms with Crippen molar-refractivity contribution in [3.05, 3.63) is 46.4 Å². The van der Waals surface area contributed by atoms with E-state index in [0.29, 0.717) is 25.1 Å². The molecule has 1 saturated heterocycles. The second kappa shape index (κ2) is 5.67. The van der Waals surface area contributed by atoms with Gasteiger partial charge in [-0.1, -0.05) is 18.2 Å². The van der Waals surface area contributed by atoms with Gasteiger partial charge in [0, 0.05) is 11.9 Å². The minimum Gasteiger partial charge on any atom is -0.394 e. The molecule has 1 unspecified atom stereocenters. The molecule has 110 valence electrons. The lowest BCUT2D eigenvalue weighted by Gasteiger charge is -2.34. The largest absolute Gasteiger partial charge is 0.394 e. The van der Waals surface area contributed by atoms with Crippen molar-refractivity contribution >= 4 is 16.7 Å². The van der Waals surface area contributed by atoms with Crippen LogP contribution in [0.2, 0.25) is 0 Å². The SMILES string of the molecule is O=C(c1cc2ccccc2c(=O)[nH]1)N1CCOCC1CO. The molecule has 0 saturated carbocycles. The minimum atomic E-state index is -0.374. The average Bonchev–Trinajstić information content (AvgIpc) is 2.54. The molecule has 1 fully saturated rings. The highest BCUT2D eigenvalue weighted by Gasteiger charge is 2.28. The van der Waals surface area contributed by atoms with Crippen molar-refractivity contribution < 1.29 is 14.6 Å². The van der Waals surface area contributed by atoms with E-state index in [9.17, 15) is 14.7 Å². The van der Waals surface area contributed by atoms with Gasteiger partial charge in [-0.25, -0.2) is 0 Å². The Morgan fingerprint density at radius 2 is 2.24 bits per heavy atom. The van der Waals surface area contributed by atoms with E-state index >= 15 is 0 Å². The number of fused-ring (bicyclic) bond motifs is 1. The summed E-state index contributed by atoms with van der Waals surface area (Å²) in [5.74, 6) is -0.291. The number of H-pyrrole nitrogens is 1. The molecule has 0 spiro atoms. The summed E-state index contributed by atoms with van der Waals surface area (Å²) in [5, 5.41) is 10.6. The van der Waals surface area contributed by atoms with Crippen LogP contribution in [0.15, 0.2) is 35.1 Å². The lowest BCUT2D eigenvalue weighted by Crippen LogP contribution is -2.50. The Morgan fingerprint density at radius 3 is 3.05 bits per heavy atom. The maximum atomic E-state index is 12.6. The number of aromatic amines is 1. The van der Waals surface area contributed by atoms with Gasteiger partial charge in [-0.05, 0) is 17.5 Å². The van der Waals surface area contributed by atoms with E-state index in [1.54, 1.807) is 29.2 Å². The van der Waals surface area contributed by atoms with Crippen LogP contribution in [0.3, 0.4) is 0 Å². The van der Waals surface area contributed by atoms with Crippen LogP contribution < -0.4 is 5.56 Å². The van der Waals surface area contributed by atoms with E-state index < -0.39 is 0 Å². The summed E-state index contributed by atoms with van der Waals surface area (Å²) < 4.78 is 5.26. The zero-order chi connectivity index (χ0) is 14.8. The number of rotatable bonds is 2. The van der Waals surface area contributed by atoms with E-state index in [4.69, 9.17) is 4.74 Å². The first kappa shape index (κ1) is 13.8. The van der Waals surface area contributed by atoms with Crippen molar-refractivity contribution in [2.75, 3.05) is 26.4 Å². The fourth-order valence-corrected chi connectivity index (χ4v) is 2.55. The molecule has 0 aliphatic carbocycles. The number of ether oxygens (including phenoxy) is 1. The molecule has 1 aromatic carbocycles. The van der Waals surface area contributed by atoms with Gasteiger partial charge in [-0.2, -0.15) is 0 Å². The van der Waals surface area contributed by atoms with Gasteiger partial charge in [0.25, 0.3) is 11.5 Å². The van der Waals surface area contributed by atoms with Crippen LogP contribution in [0.1, 0.15) is 10.5 Å². The highest BCUT2D eigenvalue weighted by molar-refractivity contribution is 5.96. The van der Waals surface area contributed by atoms with Gasteiger partial charge < -0.3 is 19.7 Å². The van der Waals surface area contributed by atoms with Crippen molar-refractivity contribution in [2.24, 2.45) is 0 Å².